The van der Waals surface area contributed by atoms with Gasteiger partial charge in [-0.05, 0) is 171 Å². The summed E-state index contributed by atoms with van der Waals surface area (Å²) in [5, 5.41) is 38.3. The van der Waals surface area contributed by atoms with E-state index in [1.54, 1.807) is 18.3 Å². The molecule has 0 saturated heterocycles. The summed E-state index contributed by atoms with van der Waals surface area (Å²) < 4.78 is 62.8. The van der Waals surface area contributed by atoms with Gasteiger partial charge in [-0.25, -0.2) is 4.98 Å². The van der Waals surface area contributed by atoms with E-state index in [1.165, 1.54) is 93.0 Å². The van der Waals surface area contributed by atoms with E-state index in [0.717, 1.165) is 39.4 Å². The van der Waals surface area contributed by atoms with Crippen molar-refractivity contribution in [2.75, 3.05) is 0 Å². The number of hydrogen-bond donors (Lipinski definition) is 2. The van der Waals surface area contributed by atoms with Crippen molar-refractivity contribution in [2.45, 2.75) is 33.2 Å². The Morgan fingerprint density at radius 2 is 0.516 bits per heavy atom. The van der Waals surface area contributed by atoms with E-state index in [0.29, 0.717) is 15.5 Å². The maximum absolute atomic E-state index is 12.3. The van der Waals surface area contributed by atoms with Gasteiger partial charge in [0.15, 0.2) is 0 Å². The predicted octanol–water partition coefficient (Wildman–Crippen LogP) is 23.4. The summed E-state index contributed by atoms with van der Waals surface area (Å²) in [5.41, 5.74) is 1.59. The first-order valence-corrected chi connectivity index (χ1v) is 48.7. The van der Waals surface area contributed by atoms with Gasteiger partial charge in [-0.3, -0.25) is 4.98 Å². The summed E-state index contributed by atoms with van der Waals surface area (Å²) in [6, 6.07) is 151. The Hall–Kier alpha value is -10.6. The zero-order chi connectivity index (χ0) is 89.5. The fourth-order valence-corrected chi connectivity index (χ4v) is 24.2. The monoisotopic (exact) mass is 1950 g/mol. The number of rotatable bonds is 16. The number of halogens is 7. The van der Waals surface area contributed by atoms with E-state index in [9.17, 15) is 21.6 Å². The summed E-state index contributed by atoms with van der Waals surface area (Å²) >= 11 is 23.8. The molecule has 21 heteroatoms. The SMILES string of the molecule is Cc1cc(C)cc(-c2ncc(Cl)c3cc(Cl)ccc23)c1.Cc1cc(C)cc(B(O)O)c1.O=S(=O)(Oc1ncc(Cl)c2cc(Cl)ccc12)C(F)(F)F.[Pd].c1ccc(P(c2ccccc2)c2ccccc2)cc1.c1ccc(P(c2ccccc2)c2ccccc2)cc1.c1ccc(P(c2ccccc2)c2ccccc2)cc1.c1ccc(P(c2ccccc2)c2ccccc2)cc1. The fraction of sp³-hybridized carbons (Fsp3) is 0.0467. The van der Waals surface area contributed by atoms with Crippen LogP contribution in [0.1, 0.15) is 22.3 Å². The van der Waals surface area contributed by atoms with Crippen LogP contribution in [-0.4, -0.2) is 41.1 Å². The molecular weight excluding hydrogens is 1870 g/mol. The smallest absolute Gasteiger partial charge is 0.423 e. The van der Waals surface area contributed by atoms with Crippen molar-refractivity contribution in [3.63, 3.8) is 0 Å². The van der Waals surface area contributed by atoms with Crippen LogP contribution in [0, 0.1) is 27.7 Å². The van der Waals surface area contributed by atoms with Crippen LogP contribution in [0.5, 0.6) is 5.88 Å². The maximum atomic E-state index is 12.3. The van der Waals surface area contributed by atoms with Gasteiger partial charge in [-0.1, -0.05) is 463 Å². The summed E-state index contributed by atoms with van der Waals surface area (Å²) in [6.45, 7) is 8.04. The average molecular weight is 1950 g/mol. The molecule has 0 aliphatic heterocycles. The number of nitrogens with zero attached hydrogens (tertiary/aromatic N) is 2. The van der Waals surface area contributed by atoms with Crippen molar-refractivity contribution in [2.24, 2.45) is 0 Å². The van der Waals surface area contributed by atoms with Crippen molar-refractivity contribution in [3.8, 4) is 17.1 Å². The third kappa shape index (κ3) is 28.2. The van der Waals surface area contributed by atoms with Crippen molar-refractivity contribution in [1.82, 2.24) is 9.97 Å². The van der Waals surface area contributed by atoms with Crippen LogP contribution < -0.4 is 73.3 Å². The standard InChI is InChI=1S/4C18H15P.C17H13Cl2N.C10H4Cl2F3NO3S.C8H11BO2.Pd/c4*1-4-10-16(11-5-1)19(17-12-6-2-7-13-17)18-14-8-3-9-15-18;1-10-5-11(2)7-12(6-10)17-14-4-3-13(18)8-15(14)16(19)9-20-17;11-5-1-2-6-7(3-5)8(12)4-16-9(6)19-20(17,18)10(13,14)15;1-6-3-7(2)5-8(4-6)9(10)11;/h4*1-15H;3-9H,1-2H3;1-4H;3-5,10-11H,1-2H3;. The molecule has 644 valence electrons. The first kappa shape index (κ1) is 98.0. The number of benzene rings is 16. The zero-order valence-electron chi connectivity index (χ0n) is 70.0. The largest absolute Gasteiger partial charge is 0.534 e. The van der Waals surface area contributed by atoms with Crippen LogP contribution in [0.25, 0.3) is 32.8 Å². The minimum Gasteiger partial charge on any atom is -0.423 e. The fourth-order valence-electron chi connectivity index (χ4n) is 13.8. The Labute approximate surface area is 787 Å². The minimum absolute atomic E-state index is 0. The van der Waals surface area contributed by atoms with Crippen LogP contribution in [0.15, 0.2) is 449 Å². The molecular formula is C107H88BCl4F3N2O5P4PdS. The van der Waals surface area contributed by atoms with E-state index in [-0.39, 0.29) is 41.2 Å². The molecule has 0 bridgehead atoms. The molecule has 0 radical (unpaired) electrons. The van der Waals surface area contributed by atoms with Gasteiger partial charge < -0.3 is 14.2 Å². The molecule has 0 saturated carbocycles. The van der Waals surface area contributed by atoms with Crippen LogP contribution >= 0.6 is 78.1 Å². The first-order valence-electron chi connectivity index (χ1n) is 40.4. The quantitative estimate of drug-likeness (QED) is 0.0429. The molecule has 0 amide bonds. The summed E-state index contributed by atoms with van der Waals surface area (Å²) in [6.07, 6.45) is 2.66. The summed E-state index contributed by atoms with van der Waals surface area (Å²) in [7, 11) is -8.94. The van der Waals surface area contributed by atoms with Gasteiger partial charge in [0.05, 0.1) is 21.9 Å². The van der Waals surface area contributed by atoms with E-state index in [4.69, 9.17) is 56.5 Å². The number of pyridine rings is 2. The molecule has 0 fully saturated rings. The molecule has 2 N–H and O–H groups in total. The van der Waals surface area contributed by atoms with Crippen molar-refractivity contribution < 1.29 is 56.2 Å². The molecule has 2 aromatic heterocycles. The molecule has 18 rings (SSSR count). The van der Waals surface area contributed by atoms with E-state index < -0.39 is 60.3 Å². The second-order valence-corrected chi connectivity index (χ2v) is 40.9. The number of hydrogen-bond acceptors (Lipinski definition) is 7. The molecule has 0 unspecified atom stereocenters. The molecule has 0 spiro atoms. The van der Waals surface area contributed by atoms with Gasteiger partial charge >= 0.3 is 22.7 Å². The number of fused-ring (bicyclic) bond motifs is 2. The molecule has 0 aliphatic rings. The Kier molecular flexibility index (Phi) is 37.7. The number of aromatic nitrogens is 2. The third-order valence-corrected chi connectivity index (χ3v) is 31.0. The van der Waals surface area contributed by atoms with Crippen molar-refractivity contribution in [3.05, 3.63) is 492 Å². The van der Waals surface area contributed by atoms with Gasteiger partial charge in [0, 0.05) is 63.8 Å². The van der Waals surface area contributed by atoms with E-state index in [1.807, 2.05) is 38.1 Å². The number of aryl methyl sites for hydroxylation is 4. The van der Waals surface area contributed by atoms with Crippen LogP contribution in [0.4, 0.5) is 13.2 Å². The molecule has 128 heavy (non-hydrogen) atoms. The van der Waals surface area contributed by atoms with E-state index >= 15 is 0 Å². The topological polar surface area (TPSA) is 110 Å². The molecule has 0 atom stereocenters. The maximum Gasteiger partial charge on any atom is 0.534 e. The second kappa shape index (κ2) is 49.3. The third-order valence-electron chi connectivity index (χ3n) is 19.2. The summed E-state index contributed by atoms with van der Waals surface area (Å²) in [4.78, 5) is 7.97. The zero-order valence-corrected chi connectivity index (χ0v) is 78.9. The van der Waals surface area contributed by atoms with Crippen LogP contribution in [0.2, 0.25) is 20.1 Å². The molecule has 0 aliphatic carbocycles. The minimum atomic E-state index is -5.80. The Morgan fingerprint density at radius 3 is 0.750 bits per heavy atom. The molecule has 7 nitrogen and oxygen atoms in total. The Balaban J connectivity index is 0.000000145. The van der Waals surface area contributed by atoms with Gasteiger partial charge in [0.25, 0.3) is 0 Å². The van der Waals surface area contributed by atoms with Crippen molar-refractivity contribution >= 4 is 186 Å². The second-order valence-electron chi connectivity index (χ2n) is 28.8. The van der Waals surface area contributed by atoms with Gasteiger partial charge in [0.1, 0.15) is 0 Å². The van der Waals surface area contributed by atoms with Gasteiger partial charge in [-0.15, -0.1) is 0 Å². The molecule has 16 aromatic carbocycles. The normalized spacial score (nSPS) is 10.8. The number of alkyl halides is 3. The Bertz CT molecular complexity index is 5690. The van der Waals surface area contributed by atoms with Crippen molar-refractivity contribution in [1.29, 1.82) is 0 Å². The van der Waals surface area contributed by atoms with Gasteiger partial charge in [0.2, 0.25) is 5.88 Å². The van der Waals surface area contributed by atoms with E-state index in [2.05, 4.69) is 410 Å². The van der Waals surface area contributed by atoms with Crippen LogP contribution in [0.3, 0.4) is 0 Å². The average Bonchev–Trinajstić information content (AvgIpc) is 0.779. The van der Waals surface area contributed by atoms with Crippen LogP contribution in [-0.2, 0) is 30.5 Å². The molecule has 18 aromatic rings. The predicted molar refractivity (Wildman–Crippen MR) is 540 cm³/mol. The Morgan fingerprint density at radius 1 is 0.297 bits per heavy atom. The summed E-state index contributed by atoms with van der Waals surface area (Å²) in [5.74, 6) is -0.724. The first-order chi connectivity index (χ1) is 61.5. The molecule has 2 heterocycles. The van der Waals surface area contributed by atoms with Gasteiger partial charge in [-0.2, -0.15) is 21.6 Å².